The Bertz CT molecular complexity index is 593. The van der Waals surface area contributed by atoms with Crippen molar-refractivity contribution in [3.63, 3.8) is 0 Å². The average molecular weight is 314 g/mol. The fourth-order valence-electron chi connectivity index (χ4n) is 0.729. The third-order valence-corrected chi connectivity index (χ3v) is 2.32. The first-order valence-electron chi connectivity index (χ1n) is 4.43. The molecule has 0 fully saturated rings. The summed E-state index contributed by atoms with van der Waals surface area (Å²) in [4.78, 5) is 0. The summed E-state index contributed by atoms with van der Waals surface area (Å²) < 4.78 is 56.9. The Kier molecular flexibility index (Phi) is 10.3. The number of hydrogen-bond donors (Lipinski definition) is 1. The van der Waals surface area contributed by atoms with Gasteiger partial charge in [0.15, 0.2) is 0 Å². The SMILES string of the molecule is C=CS(=O)(=O)[O-].O=S(=O)(O)C=Cc1ccccc1.[Na+]. The molecule has 0 unspecified atom stereocenters. The van der Waals surface area contributed by atoms with E-state index in [-0.39, 0.29) is 29.6 Å². The Balaban J connectivity index is 0. The third-order valence-electron chi connectivity index (χ3n) is 1.44. The van der Waals surface area contributed by atoms with E-state index in [2.05, 4.69) is 6.58 Å². The molecule has 0 amide bonds. The number of hydrogen-bond acceptors (Lipinski definition) is 5. The third kappa shape index (κ3) is 15.5. The zero-order valence-electron chi connectivity index (χ0n) is 10.1. The topological polar surface area (TPSA) is 112 Å². The standard InChI is InChI=1S/C8H8O3S.C2H4O3S.Na/c9-12(10,11)7-6-8-4-2-1-3-5-8;1-2-6(3,4)5;/h1-7H,(H,9,10,11);2H,1H2,(H,3,4,5);/q;;+1/p-1. The van der Waals surface area contributed by atoms with Gasteiger partial charge in [-0.3, -0.25) is 4.55 Å². The molecular formula is C10H11NaO6S2. The summed E-state index contributed by atoms with van der Waals surface area (Å²) in [5.41, 5.74) is 0.732. The maximum atomic E-state index is 10.3. The molecule has 9 heteroatoms. The van der Waals surface area contributed by atoms with E-state index in [0.717, 1.165) is 11.0 Å². The normalized spacial score (nSPS) is 11.1. The molecule has 0 aliphatic rings. The van der Waals surface area contributed by atoms with Crippen LogP contribution in [-0.4, -0.2) is 25.9 Å². The molecule has 100 valence electrons. The van der Waals surface area contributed by atoms with Gasteiger partial charge in [0.2, 0.25) is 0 Å². The first-order chi connectivity index (χ1) is 8.14. The second kappa shape index (κ2) is 9.43. The Morgan fingerprint density at radius 2 is 1.53 bits per heavy atom. The molecule has 0 heterocycles. The molecule has 0 spiro atoms. The summed E-state index contributed by atoms with van der Waals surface area (Å²) in [6.07, 6.45) is 1.33. The molecule has 0 radical (unpaired) electrons. The summed E-state index contributed by atoms with van der Waals surface area (Å²) in [7, 11) is -8.15. The first-order valence-corrected chi connectivity index (χ1v) is 7.40. The number of benzene rings is 1. The van der Waals surface area contributed by atoms with Gasteiger partial charge in [0, 0.05) is 5.41 Å². The van der Waals surface area contributed by atoms with Crippen LogP contribution in [0.2, 0.25) is 0 Å². The van der Waals surface area contributed by atoms with E-state index in [1.54, 1.807) is 24.3 Å². The van der Waals surface area contributed by atoms with Crippen molar-refractivity contribution in [3.05, 3.63) is 53.3 Å². The molecule has 1 N–H and O–H groups in total. The van der Waals surface area contributed by atoms with Crippen molar-refractivity contribution in [2.45, 2.75) is 0 Å². The number of rotatable bonds is 3. The summed E-state index contributed by atoms with van der Waals surface area (Å²) in [5.74, 6) is 0. The van der Waals surface area contributed by atoms with Crippen molar-refractivity contribution in [2.24, 2.45) is 0 Å². The van der Waals surface area contributed by atoms with E-state index < -0.39 is 20.2 Å². The van der Waals surface area contributed by atoms with Crippen LogP contribution in [-0.2, 0) is 20.2 Å². The predicted molar refractivity (Wildman–Crippen MR) is 66.9 cm³/mol. The van der Waals surface area contributed by atoms with Crippen LogP contribution in [0.25, 0.3) is 6.08 Å². The van der Waals surface area contributed by atoms with E-state index in [1.165, 1.54) is 6.08 Å². The molecule has 1 aromatic carbocycles. The molecule has 0 aliphatic carbocycles. The van der Waals surface area contributed by atoms with Crippen LogP contribution in [0, 0.1) is 0 Å². The van der Waals surface area contributed by atoms with Gasteiger partial charge in [-0.1, -0.05) is 36.9 Å². The second-order valence-electron chi connectivity index (χ2n) is 2.89. The van der Waals surface area contributed by atoms with Crippen molar-refractivity contribution in [1.82, 2.24) is 0 Å². The van der Waals surface area contributed by atoms with Gasteiger partial charge in [-0.2, -0.15) is 8.42 Å². The molecular weight excluding hydrogens is 303 g/mol. The molecule has 1 rings (SSSR count). The van der Waals surface area contributed by atoms with E-state index in [1.807, 2.05) is 6.07 Å². The maximum absolute atomic E-state index is 10.3. The predicted octanol–water partition coefficient (Wildman–Crippen LogP) is -1.78. The van der Waals surface area contributed by atoms with Gasteiger partial charge < -0.3 is 4.55 Å². The van der Waals surface area contributed by atoms with Gasteiger partial charge in [-0.15, -0.1) is 0 Å². The smallest absolute Gasteiger partial charge is 0.745 e. The fraction of sp³-hybridized carbons (Fsp3) is 0. The largest absolute Gasteiger partial charge is 1.00 e. The second-order valence-corrected chi connectivity index (χ2v) is 5.51. The molecule has 6 nitrogen and oxygen atoms in total. The Labute approximate surface area is 134 Å². The molecule has 0 bridgehead atoms. The monoisotopic (exact) mass is 314 g/mol. The van der Waals surface area contributed by atoms with Crippen LogP contribution in [0.4, 0.5) is 0 Å². The minimum Gasteiger partial charge on any atom is -0.745 e. The maximum Gasteiger partial charge on any atom is 1.00 e. The Morgan fingerprint density at radius 1 is 1.11 bits per heavy atom. The van der Waals surface area contributed by atoms with Crippen LogP contribution in [0.3, 0.4) is 0 Å². The van der Waals surface area contributed by atoms with Gasteiger partial charge in [-0.05, 0) is 11.6 Å². The van der Waals surface area contributed by atoms with Crippen LogP contribution in [0.5, 0.6) is 0 Å². The molecule has 19 heavy (non-hydrogen) atoms. The van der Waals surface area contributed by atoms with Crippen LogP contribution < -0.4 is 29.6 Å². The van der Waals surface area contributed by atoms with Gasteiger partial charge in [0.25, 0.3) is 10.1 Å². The van der Waals surface area contributed by atoms with Crippen LogP contribution in [0.15, 0.2) is 47.7 Å². The summed E-state index contributed by atoms with van der Waals surface area (Å²) in [6, 6.07) is 8.86. The average Bonchev–Trinajstić information content (AvgIpc) is 2.27. The van der Waals surface area contributed by atoms with Gasteiger partial charge >= 0.3 is 29.6 Å². The van der Waals surface area contributed by atoms with E-state index >= 15 is 0 Å². The zero-order chi connectivity index (χ0) is 14.2. The summed E-state index contributed by atoms with van der Waals surface area (Å²) in [5, 5.41) is 1.11. The first kappa shape index (κ1) is 20.8. The van der Waals surface area contributed by atoms with Gasteiger partial charge in [0.1, 0.15) is 10.1 Å². The van der Waals surface area contributed by atoms with Crippen LogP contribution >= 0.6 is 0 Å². The van der Waals surface area contributed by atoms with Crippen molar-refractivity contribution < 1.29 is 55.5 Å². The van der Waals surface area contributed by atoms with Crippen molar-refractivity contribution in [3.8, 4) is 0 Å². The fourth-order valence-corrected chi connectivity index (χ4v) is 1.06. The minimum absolute atomic E-state index is 0. The Morgan fingerprint density at radius 3 is 1.84 bits per heavy atom. The molecule has 1 aromatic rings. The summed E-state index contributed by atoms with van der Waals surface area (Å²) in [6.45, 7) is 2.73. The molecule has 0 aromatic heterocycles. The summed E-state index contributed by atoms with van der Waals surface area (Å²) >= 11 is 0. The van der Waals surface area contributed by atoms with Crippen LogP contribution in [0.1, 0.15) is 5.56 Å². The van der Waals surface area contributed by atoms with Crippen molar-refractivity contribution >= 4 is 26.3 Å². The van der Waals surface area contributed by atoms with E-state index in [4.69, 9.17) is 4.55 Å². The van der Waals surface area contributed by atoms with Crippen molar-refractivity contribution in [1.29, 1.82) is 0 Å². The minimum atomic E-state index is -4.15. The van der Waals surface area contributed by atoms with E-state index in [0.29, 0.717) is 5.41 Å². The molecule has 0 atom stereocenters. The van der Waals surface area contributed by atoms with Crippen molar-refractivity contribution in [2.75, 3.05) is 0 Å². The molecule has 0 saturated heterocycles. The van der Waals surface area contributed by atoms with Gasteiger partial charge in [0.05, 0.1) is 5.41 Å². The molecule has 0 saturated carbocycles. The van der Waals surface area contributed by atoms with Gasteiger partial charge in [-0.25, -0.2) is 8.42 Å². The Hall–Kier alpha value is -0.480. The molecule has 0 aliphatic heterocycles. The zero-order valence-corrected chi connectivity index (χ0v) is 13.8. The van der Waals surface area contributed by atoms with E-state index in [9.17, 15) is 21.4 Å². The quantitative estimate of drug-likeness (QED) is 0.522.